The van der Waals surface area contributed by atoms with E-state index in [-0.39, 0.29) is 17.8 Å². The summed E-state index contributed by atoms with van der Waals surface area (Å²) < 4.78 is 5.56. The SMILES string of the molecule is CCCCCCCCCCCCOC(=O)C1C(CCC)CCC(C)C1C(=O)O. The third kappa shape index (κ3) is 8.96. The maximum Gasteiger partial charge on any atom is 0.310 e. The molecule has 4 atom stereocenters. The summed E-state index contributed by atoms with van der Waals surface area (Å²) in [6, 6.07) is 0. The fourth-order valence-electron chi connectivity index (χ4n) is 4.77. The Kier molecular flexibility index (Phi) is 13.3. The molecule has 0 aromatic rings. The van der Waals surface area contributed by atoms with Crippen molar-refractivity contribution in [3.8, 4) is 0 Å². The van der Waals surface area contributed by atoms with E-state index >= 15 is 0 Å². The Labute approximate surface area is 172 Å². The van der Waals surface area contributed by atoms with Gasteiger partial charge in [-0.05, 0) is 37.5 Å². The van der Waals surface area contributed by atoms with Crippen molar-refractivity contribution in [1.82, 2.24) is 0 Å². The number of hydrogen-bond donors (Lipinski definition) is 1. The smallest absolute Gasteiger partial charge is 0.310 e. The van der Waals surface area contributed by atoms with Gasteiger partial charge < -0.3 is 9.84 Å². The van der Waals surface area contributed by atoms with Crippen molar-refractivity contribution >= 4 is 11.9 Å². The predicted octanol–water partition coefficient (Wildman–Crippen LogP) is 6.61. The summed E-state index contributed by atoms with van der Waals surface area (Å²) in [6.07, 6.45) is 16.2. The lowest BCUT2D eigenvalue weighted by molar-refractivity contribution is -0.165. The largest absolute Gasteiger partial charge is 0.481 e. The highest BCUT2D eigenvalue weighted by Gasteiger charge is 2.46. The lowest BCUT2D eigenvalue weighted by Gasteiger charge is -2.38. The summed E-state index contributed by atoms with van der Waals surface area (Å²) in [4.78, 5) is 24.5. The molecule has 0 amide bonds. The quantitative estimate of drug-likeness (QED) is 0.250. The number of unbranched alkanes of at least 4 members (excludes halogenated alkanes) is 9. The van der Waals surface area contributed by atoms with Gasteiger partial charge in [0, 0.05) is 0 Å². The first-order chi connectivity index (χ1) is 13.5. The molecule has 28 heavy (non-hydrogen) atoms. The minimum atomic E-state index is -0.839. The molecule has 0 aliphatic heterocycles. The van der Waals surface area contributed by atoms with Crippen molar-refractivity contribution in [3.05, 3.63) is 0 Å². The molecule has 4 heteroatoms. The maximum atomic E-state index is 12.7. The summed E-state index contributed by atoms with van der Waals surface area (Å²) in [6.45, 7) is 6.74. The zero-order valence-corrected chi connectivity index (χ0v) is 18.6. The highest BCUT2D eigenvalue weighted by molar-refractivity contribution is 5.81. The molecular weight excluding hydrogens is 352 g/mol. The molecular formula is C24H44O4. The van der Waals surface area contributed by atoms with Gasteiger partial charge in [0.15, 0.2) is 0 Å². The second-order valence-corrected chi connectivity index (χ2v) is 8.84. The van der Waals surface area contributed by atoms with Crippen LogP contribution in [-0.4, -0.2) is 23.7 Å². The van der Waals surface area contributed by atoms with Crippen LogP contribution in [0.4, 0.5) is 0 Å². The van der Waals surface area contributed by atoms with Gasteiger partial charge in [-0.25, -0.2) is 0 Å². The van der Waals surface area contributed by atoms with Crippen LogP contribution in [-0.2, 0) is 14.3 Å². The summed E-state index contributed by atoms with van der Waals surface area (Å²) in [5.74, 6) is -1.97. The Hall–Kier alpha value is -1.06. The highest BCUT2D eigenvalue weighted by Crippen LogP contribution is 2.41. The lowest BCUT2D eigenvalue weighted by Crippen LogP contribution is -2.43. The first kappa shape index (κ1) is 25.0. The number of carboxylic acids is 1. The molecule has 1 aliphatic rings. The van der Waals surface area contributed by atoms with Crippen LogP contribution in [0.5, 0.6) is 0 Å². The van der Waals surface area contributed by atoms with Crippen molar-refractivity contribution in [1.29, 1.82) is 0 Å². The van der Waals surface area contributed by atoms with E-state index in [9.17, 15) is 14.7 Å². The topological polar surface area (TPSA) is 63.6 Å². The van der Waals surface area contributed by atoms with Crippen molar-refractivity contribution in [2.45, 2.75) is 111 Å². The fraction of sp³-hybridized carbons (Fsp3) is 0.917. The summed E-state index contributed by atoms with van der Waals surface area (Å²) >= 11 is 0. The van der Waals surface area contributed by atoms with Crippen LogP contribution >= 0.6 is 0 Å². The summed E-state index contributed by atoms with van der Waals surface area (Å²) in [7, 11) is 0. The molecule has 4 unspecified atom stereocenters. The molecule has 1 rings (SSSR count). The van der Waals surface area contributed by atoms with Crippen LogP contribution < -0.4 is 0 Å². The van der Waals surface area contributed by atoms with Crippen molar-refractivity contribution in [2.75, 3.05) is 6.61 Å². The van der Waals surface area contributed by atoms with E-state index in [1.54, 1.807) is 0 Å². The van der Waals surface area contributed by atoms with E-state index in [1.807, 2.05) is 6.92 Å². The minimum Gasteiger partial charge on any atom is -0.481 e. The predicted molar refractivity (Wildman–Crippen MR) is 114 cm³/mol. The number of rotatable bonds is 15. The molecule has 0 aromatic heterocycles. The van der Waals surface area contributed by atoms with Crippen LogP contribution in [0, 0.1) is 23.7 Å². The summed E-state index contributed by atoms with van der Waals surface area (Å²) in [5.41, 5.74) is 0. The first-order valence-electron chi connectivity index (χ1n) is 11.9. The third-order valence-corrected chi connectivity index (χ3v) is 6.46. The van der Waals surface area contributed by atoms with Gasteiger partial charge in [-0.1, -0.05) is 85.0 Å². The number of carbonyl (C=O) groups is 2. The average molecular weight is 397 g/mol. The number of aliphatic carboxylic acids is 1. The van der Waals surface area contributed by atoms with Crippen LogP contribution in [0.2, 0.25) is 0 Å². The number of esters is 1. The number of carboxylic acid groups (broad SMARTS) is 1. The van der Waals surface area contributed by atoms with E-state index in [0.29, 0.717) is 6.61 Å². The van der Waals surface area contributed by atoms with Gasteiger partial charge in [0.25, 0.3) is 0 Å². The molecule has 0 saturated heterocycles. The Morgan fingerprint density at radius 1 is 0.821 bits per heavy atom. The monoisotopic (exact) mass is 396 g/mol. The normalized spacial score (nSPS) is 24.8. The molecule has 164 valence electrons. The number of ether oxygens (including phenoxy) is 1. The molecule has 1 aliphatic carbocycles. The van der Waals surface area contributed by atoms with Gasteiger partial charge in [0.2, 0.25) is 0 Å². The van der Waals surface area contributed by atoms with Crippen molar-refractivity contribution in [3.63, 3.8) is 0 Å². The van der Waals surface area contributed by atoms with Gasteiger partial charge in [0.1, 0.15) is 0 Å². The van der Waals surface area contributed by atoms with Crippen LogP contribution in [0.15, 0.2) is 0 Å². The molecule has 1 saturated carbocycles. The van der Waals surface area contributed by atoms with Crippen LogP contribution in [0.1, 0.15) is 111 Å². The summed E-state index contributed by atoms with van der Waals surface area (Å²) in [5, 5.41) is 9.67. The Morgan fingerprint density at radius 3 is 1.93 bits per heavy atom. The lowest BCUT2D eigenvalue weighted by atomic mass is 9.66. The molecule has 1 fully saturated rings. The molecule has 0 bridgehead atoms. The Bertz CT molecular complexity index is 434. The van der Waals surface area contributed by atoms with Gasteiger partial charge >= 0.3 is 11.9 Å². The third-order valence-electron chi connectivity index (χ3n) is 6.46. The molecule has 0 aromatic carbocycles. The number of carbonyl (C=O) groups excluding carboxylic acids is 1. The van der Waals surface area contributed by atoms with E-state index < -0.39 is 17.8 Å². The van der Waals surface area contributed by atoms with Gasteiger partial charge in [0.05, 0.1) is 18.4 Å². The van der Waals surface area contributed by atoms with Gasteiger partial charge in [-0.15, -0.1) is 0 Å². The van der Waals surface area contributed by atoms with Crippen LogP contribution in [0.25, 0.3) is 0 Å². The van der Waals surface area contributed by atoms with E-state index in [0.717, 1.165) is 38.5 Å². The van der Waals surface area contributed by atoms with Crippen molar-refractivity contribution < 1.29 is 19.4 Å². The Balaban J connectivity index is 2.28. The fourth-order valence-corrected chi connectivity index (χ4v) is 4.77. The average Bonchev–Trinajstić information content (AvgIpc) is 2.66. The Morgan fingerprint density at radius 2 is 1.39 bits per heavy atom. The zero-order chi connectivity index (χ0) is 20.8. The maximum absolute atomic E-state index is 12.7. The molecule has 0 heterocycles. The van der Waals surface area contributed by atoms with E-state index in [2.05, 4.69) is 13.8 Å². The highest BCUT2D eigenvalue weighted by atomic mass is 16.5. The number of hydrogen-bond acceptors (Lipinski definition) is 3. The molecule has 0 spiro atoms. The zero-order valence-electron chi connectivity index (χ0n) is 18.6. The molecule has 0 radical (unpaired) electrons. The first-order valence-corrected chi connectivity index (χ1v) is 11.9. The minimum absolute atomic E-state index is 0.0421. The second-order valence-electron chi connectivity index (χ2n) is 8.84. The molecule has 4 nitrogen and oxygen atoms in total. The van der Waals surface area contributed by atoms with E-state index in [1.165, 1.54) is 51.4 Å². The van der Waals surface area contributed by atoms with Gasteiger partial charge in [-0.3, -0.25) is 9.59 Å². The van der Waals surface area contributed by atoms with Crippen molar-refractivity contribution in [2.24, 2.45) is 23.7 Å². The second kappa shape index (κ2) is 14.9. The van der Waals surface area contributed by atoms with Gasteiger partial charge in [-0.2, -0.15) is 0 Å². The van der Waals surface area contributed by atoms with Crippen LogP contribution in [0.3, 0.4) is 0 Å². The molecule has 1 N–H and O–H groups in total. The van der Waals surface area contributed by atoms with E-state index in [4.69, 9.17) is 4.74 Å². The standard InChI is InChI=1S/C24H44O4/c1-4-6-7-8-9-10-11-12-13-14-18-28-24(27)22-20(15-5-2)17-16-19(3)21(22)23(25)26/h19-22H,4-18H2,1-3H3,(H,25,26).